The third-order valence-corrected chi connectivity index (χ3v) is 6.06. The number of nitrogens with one attached hydrogen (secondary N) is 1. The lowest BCUT2D eigenvalue weighted by molar-refractivity contribution is 0.0600. The summed E-state index contributed by atoms with van der Waals surface area (Å²) in [4.78, 5) is 29.1. The normalized spacial score (nSPS) is 11.2. The summed E-state index contributed by atoms with van der Waals surface area (Å²) >= 11 is 0. The van der Waals surface area contributed by atoms with Crippen LogP contribution in [0.5, 0.6) is 11.5 Å². The number of ether oxygens (including phenoxy) is 3. The lowest BCUT2D eigenvalue weighted by Crippen LogP contribution is -2.16. The number of aromatic nitrogens is 4. The number of hydrogen-bond acceptors (Lipinski definition) is 6. The van der Waals surface area contributed by atoms with E-state index in [4.69, 9.17) is 14.2 Å². The second-order valence-corrected chi connectivity index (χ2v) is 8.05. The molecule has 0 radical (unpaired) electrons. The molecule has 0 bridgehead atoms. The number of nitrogens with zero attached hydrogens (tertiary/aromatic N) is 3. The summed E-state index contributed by atoms with van der Waals surface area (Å²) in [6.45, 7) is 0.539. The molecule has 0 spiro atoms. The Kier molecular flexibility index (Phi) is 5.74. The van der Waals surface area contributed by atoms with Crippen LogP contribution in [0.4, 0.5) is 0 Å². The average Bonchev–Trinajstić information content (AvgIpc) is 3.46. The predicted octanol–water partition coefficient (Wildman–Crippen LogP) is 3.67. The zero-order valence-electron chi connectivity index (χ0n) is 19.6. The molecule has 0 aliphatic carbocycles. The van der Waals surface area contributed by atoms with Gasteiger partial charge in [0.05, 0.1) is 32.6 Å². The van der Waals surface area contributed by atoms with Gasteiger partial charge in [-0.25, -0.2) is 4.79 Å². The van der Waals surface area contributed by atoms with Crippen molar-refractivity contribution in [2.75, 3.05) is 21.3 Å². The lowest BCUT2D eigenvalue weighted by Gasteiger charge is -2.11. The number of rotatable bonds is 7. The molecule has 0 unspecified atom stereocenters. The number of pyridine rings is 1. The number of aryl methyl sites for hydroxylation is 2. The van der Waals surface area contributed by atoms with Gasteiger partial charge in [0.25, 0.3) is 5.56 Å². The first-order valence-corrected chi connectivity index (χ1v) is 11.0. The van der Waals surface area contributed by atoms with E-state index < -0.39 is 5.97 Å². The number of carbonyl (C=O) groups excluding carboxylic acids is 1. The molecule has 1 N–H and O–H groups in total. The monoisotopic (exact) mass is 472 g/mol. The van der Waals surface area contributed by atoms with Crippen LogP contribution < -0.4 is 15.0 Å². The fraction of sp³-hybridized carbons (Fsp3) is 0.192. The molecule has 0 saturated heterocycles. The number of methoxy groups -OCH3 is 3. The van der Waals surface area contributed by atoms with E-state index in [1.165, 1.54) is 11.8 Å². The summed E-state index contributed by atoms with van der Waals surface area (Å²) in [7, 11) is 4.52. The van der Waals surface area contributed by atoms with E-state index in [0.29, 0.717) is 35.7 Å². The van der Waals surface area contributed by atoms with Crippen LogP contribution in [0.15, 0.2) is 65.8 Å². The van der Waals surface area contributed by atoms with E-state index in [2.05, 4.69) is 10.1 Å². The Bertz CT molecular complexity index is 1540. The van der Waals surface area contributed by atoms with Gasteiger partial charge in [0.15, 0.2) is 0 Å². The highest BCUT2D eigenvalue weighted by Crippen LogP contribution is 2.26. The standard InChI is InChI=1S/C26H24N4O5/c1-33-18-6-4-17(5-7-18)30-25(31)21-14-29(15-22(24(21)28-30)26(32)35-3)11-10-16-13-27-23-9-8-19(34-2)12-20(16)23/h4-9,12-15,27H,10-11H2,1-3H3. The topological polar surface area (TPSA) is 100 Å². The molecule has 5 rings (SSSR count). The fourth-order valence-corrected chi connectivity index (χ4v) is 4.19. The van der Waals surface area contributed by atoms with Crippen molar-refractivity contribution in [3.8, 4) is 28.4 Å². The third-order valence-electron chi connectivity index (χ3n) is 6.06. The minimum Gasteiger partial charge on any atom is -0.497 e. The summed E-state index contributed by atoms with van der Waals surface area (Å²) in [5, 5.41) is 5.51. The molecule has 2 aliphatic heterocycles. The minimum atomic E-state index is -0.555. The molecule has 178 valence electrons. The van der Waals surface area contributed by atoms with Crippen molar-refractivity contribution >= 4 is 16.9 Å². The highest BCUT2D eigenvalue weighted by molar-refractivity contribution is 5.96. The summed E-state index contributed by atoms with van der Waals surface area (Å²) in [5.41, 5.74) is 3.23. The van der Waals surface area contributed by atoms with E-state index in [1.54, 1.807) is 50.9 Å². The number of fused-ring (bicyclic) bond motifs is 2. The quantitative estimate of drug-likeness (QED) is 0.363. The first kappa shape index (κ1) is 22.3. The minimum absolute atomic E-state index is 0.231. The molecule has 9 nitrogen and oxygen atoms in total. The number of aromatic amines is 1. The van der Waals surface area contributed by atoms with E-state index in [1.807, 2.05) is 29.0 Å². The molecule has 0 saturated carbocycles. The molecular weight excluding hydrogens is 448 g/mol. The van der Waals surface area contributed by atoms with E-state index >= 15 is 0 Å². The number of hydrogen-bond donors (Lipinski definition) is 1. The van der Waals surface area contributed by atoms with E-state index in [-0.39, 0.29) is 11.1 Å². The van der Waals surface area contributed by atoms with Crippen LogP contribution in [0, 0.1) is 0 Å². The van der Waals surface area contributed by atoms with Crippen LogP contribution in [-0.4, -0.2) is 46.6 Å². The Hall–Kier alpha value is -4.53. The number of carbonyl (C=O) groups is 1. The summed E-state index contributed by atoms with van der Waals surface area (Å²) < 4.78 is 18.6. The highest BCUT2D eigenvalue weighted by atomic mass is 16.5. The highest BCUT2D eigenvalue weighted by Gasteiger charge is 2.25. The van der Waals surface area contributed by atoms with Crippen molar-refractivity contribution < 1.29 is 19.0 Å². The maximum Gasteiger partial charge on any atom is 0.341 e. The molecule has 0 amide bonds. The van der Waals surface area contributed by atoms with Gasteiger partial charge >= 0.3 is 5.97 Å². The van der Waals surface area contributed by atoms with Gasteiger partial charge < -0.3 is 23.8 Å². The molecule has 35 heavy (non-hydrogen) atoms. The van der Waals surface area contributed by atoms with Crippen molar-refractivity contribution in [1.82, 2.24) is 19.3 Å². The van der Waals surface area contributed by atoms with Crippen molar-refractivity contribution in [2.45, 2.75) is 13.0 Å². The molecule has 9 heteroatoms. The zero-order chi connectivity index (χ0) is 24.5. The van der Waals surface area contributed by atoms with Crippen LogP contribution in [0.25, 0.3) is 27.8 Å². The molecular formula is C26H24N4O5. The maximum absolute atomic E-state index is 13.3. The Morgan fingerprint density at radius 3 is 2.46 bits per heavy atom. The first-order valence-electron chi connectivity index (χ1n) is 11.0. The lowest BCUT2D eigenvalue weighted by atomic mass is 10.1. The first-order chi connectivity index (χ1) is 17.0. The maximum atomic E-state index is 13.3. The Labute approximate surface area is 200 Å². The Morgan fingerprint density at radius 1 is 1.00 bits per heavy atom. The van der Waals surface area contributed by atoms with Crippen molar-refractivity contribution in [3.05, 3.63) is 82.5 Å². The summed E-state index contributed by atoms with van der Waals surface area (Å²) in [6, 6.07) is 12.8. The van der Waals surface area contributed by atoms with Gasteiger partial charge in [0.2, 0.25) is 0 Å². The van der Waals surface area contributed by atoms with Crippen LogP contribution in [0.2, 0.25) is 0 Å². The van der Waals surface area contributed by atoms with E-state index in [9.17, 15) is 9.59 Å². The van der Waals surface area contributed by atoms with Gasteiger partial charge in [-0.1, -0.05) is 0 Å². The van der Waals surface area contributed by atoms with Crippen LogP contribution in [0.1, 0.15) is 15.9 Å². The second kappa shape index (κ2) is 9.02. The van der Waals surface area contributed by atoms with Crippen LogP contribution in [0.3, 0.4) is 0 Å². The zero-order valence-corrected chi connectivity index (χ0v) is 19.6. The molecule has 1 aromatic heterocycles. The van der Waals surface area contributed by atoms with Gasteiger partial charge in [-0.3, -0.25) is 4.79 Å². The number of esters is 1. The van der Waals surface area contributed by atoms with Crippen molar-refractivity contribution in [2.24, 2.45) is 0 Å². The predicted molar refractivity (Wildman–Crippen MR) is 131 cm³/mol. The van der Waals surface area contributed by atoms with Crippen molar-refractivity contribution in [1.29, 1.82) is 0 Å². The Balaban J connectivity index is 1.54. The van der Waals surface area contributed by atoms with Crippen LogP contribution in [-0.2, 0) is 17.7 Å². The average molecular weight is 473 g/mol. The largest absolute Gasteiger partial charge is 0.497 e. The van der Waals surface area contributed by atoms with E-state index in [0.717, 1.165) is 22.2 Å². The number of benzene rings is 2. The third kappa shape index (κ3) is 4.01. The molecule has 0 atom stereocenters. The van der Waals surface area contributed by atoms with Gasteiger partial charge in [-0.15, -0.1) is 0 Å². The second-order valence-electron chi connectivity index (χ2n) is 8.05. The van der Waals surface area contributed by atoms with Crippen LogP contribution >= 0.6 is 0 Å². The summed E-state index contributed by atoms with van der Waals surface area (Å²) in [6.07, 6.45) is 6.04. The number of H-pyrrole nitrogens is 1. The molecule has 3 heterocycles. The summed E-state index contributed by atoms with van der Waals surface area (Å²) in [5.74, 6) is 0.892. The fourth-order valence-electron chi connectivity index (χ4n) is 4.19. The Morgan fingerprint density at radius 2 is 1.74 bits per heavy atom. The molecule has 2 aromatic carbocycles. The van der Waals surface area contributed by atoms with Gasteiger partial charge in [0.1, 0.15) is 22.8 Å². The molecule has 0 fully saturated rings. The smallest absolute Gasteiger partial charge is 0.341 e. The van der Waals surface area contributed by atoms with Crippen molar-refractivity contribution in [3.63, 3.8) is 0 Å². The molecule has 2 aliphatic rings. The molecule has 3 aromatic rings. The van der Waals surface area contributed by atoms with Gasteiger partial charge in [-0.2, -0.15) is 9.78 Å². The van der Waals surface area contributed by atoms with Gasteiger partial charge in [-0.05, 0) is 54.4 Å². The van der Waals surface area contributed by atoms with Gasteiger partial charge in [0, 0.05) is 36.0 Å². The SMILES string of the molecule is COC(=O)c1cn(CCc2c[nH]c3ccc(OC)cc23)cc2c(=O)n(-c3ccc(OC)cc3)nc1-2.